The molecule has 8 nitrogen and oxygen atoms in total. The van der Waals surface area contributed by atoms with Crippen molar-refractivity contribution in [1.29, 1.82) is 0 Å². The molecule has 0 radical (unpaired) electrons. The van der Waals surface area contributed by atoms with Gasteiger partial charge in [0.2, 0.25) is 10.0 Å². The number of sulfonamides is 1. The van der Waals surface area contributed by atoms with Gasteiger partial charge in [0.15, 0.2) is 6.61 Å². The van der Waals surface area contributed by atoms with Gasteiger partial charge in [0.25, 0.3) is 5.91 Å². The van der Waals surface area contributed by atoms with Gasteiger partial charge in [0.05, 0.1) is 22.5 Å². The number of halogens is 3. The molecule has 2 aliphatic heterocycles. The number of nitrogens with zero attached hydrogens (tertiary/aromatic N) is 1. The predicted octanol–water partition coefficient (Wildman–Crippen LogP) is 1.94. The third-order valence-corrected chi connectivity index (χ3v) is 7.38. The molecule has 0 bridgehead atoms. The first-order valence-electron chi connectivity index (χ1n) is 10.3. The minimum Gasteiger partial charge on any atom is -0.455 e. The SMILES string of the molecule is O=C(COC(=O)C1CCN(S(=O)(=O)c2cccc(C(F)(F)F)c2)CC1)NCC1CCCO1. The molecule has 0 aromatic heterocycles. The molecular formula is C20H25F3N2O6S. The number of carbonyl (C=O) groups excluding carboxylic acids is 2. The van der Waals surface area contributed by atoms with Gasteiger partial charge in [-0.2, -0.15) is 17.5 Å². The molecule has 0 spiro atoms. The van der Waals surface area contributed by atoms with E-state index in [4.69, 9.17) is 9.47 Å². The number of nitrogens with one attached hydrogen (secondary N) is 1. The van der Waals surface area contributed by atoms with Crippen molar-refractivity contribution in [2.24, 2.45) is 5.92 Å². The molecule has 12 heteroatoms. The van der Waals surface area contributed by atoms with Gasteiger partial charge in [-0.05, 0) is 43.9 Å². The van der Waals surface area contributed by atoms with Crippen molar-refractivity contribution in [3.8, 4) is 0 Å². The van der Waals surface area contributed by atoms with Crippen LogP contribution < -0.4 is 5.32 Å². The zero-order valence-corrected chi connectivity index (χ0v) is 18.1. The molecule has 0 saturated carbocycles. The number of esters is 1. The van der Waals surface area contributed by atoms with Gasteiger partial charge >= 0.3 is 12.1 Å². The summed E-state index contributed by atoms with van der Waals surface area (Å²) in [6.07, 6.45) is -2.58. The van der Waals surface area contributed by atoms with E-state index >= 15 is 0 Å². The predicted molar refractivity (Wildman–Crippen MR) is 106 cm³/mol. The average Bonchev–Trinajstić information content (AvgIpc) is 3.29. The minimum atomic E-state index is -4.65. The average molecular weight is 478 g/mol. The molecule has 3 rings (SSSR count). The van der Waals surface area contributed by atoms with Gasteiger partial charge in [-0.1, -0.05) is 6.07 Å². The Hall–Kier alpha value is -2.18. The molecule has 0 aliphatic carbocycles. The van der Waals surface area contributed by atoms with Crippen LogP contribution in [0.15, 0.2) is 29.2 Å². The Kier molecular flexibility index (Phi) is 7.78. The van der Waals surface area contributed by atoms with Crippen molar-refractivity contribution in [3.63, 3.8) is 0 Å². The molecule has 2 heterocycles. The van der Waals surface area contributed by atoms with Gasteiger partial charge in [-0.25, -0.2) is 8.42 Å². The summed E-state index contributed by atoms with van der Waals surface area (Å²) in [6, 6.07) is 3.56. The van der Waals surface area contributed by atoms with Crippen LogP contribution in [-0.2, 0) is 35.3 Å². The number of ether oxygens (including phenoxy) is 2. The number of benzene rings is 1. The summed E-state index contributed by atoms with van der Waals surface area (Å²) < 4.78 is 75.6. The molecule has 1 N–H and O–H groups in total. The summed E-state index contributed by atoms with van der Waals surface area (Å²) in [4.78, 5) is 23.6. The lowest BCUT2D eigenvalue weighted by molar-refractivity contribution is -0.153. The number of carbonyl (C=O) groups is 2. The summed E-state index contributed by atoms with van der Waals surface area (Å²) in [6.45, 7) is 0.501. The highest BCUT2D eigenvalue weighted by Crippen LogP contribution is 2.32. The van der Waals surface area contributed by atoms with E-state index in [1.807, 2.05) is 0 Å². The molecule has 1 amide bonds. The van der Waals surface area contributed by atoms with Crippen LogP contribution in [0.3, 0.4) is 0 Å². The van der Waals surface area contributed by atoms with Crippen molar-refractivity contribution >= 4 is 21.9 Å². The Morgan fingerprint density at radius 1 is 1.19 bits per heavy atom. The van der Waals surface area contributed by atoms with Crippen LogP contribution in [0.4, 0.5) is 13.2 Å². The normalized spacial score (nSPS) is 20.8. The quantitative estimate of drug-likeness (QED) is 0.601. The van der Waals surface area contributed by atoms with E-state index in [0.29, 0.717) is 19.2 Å². The van der Waals surface area contributed by atoms with E-state index in [2.05, 4.69) is 5.32 Å². The number of amides is 1. The van der Waals surface area contributed by atoms with Crippen LogP contribution in [-0.4, -0.2) is 63.6 Å². The second-order valence-electron chi connectivity index (χ2n) is 7.75. The Morgan fingerprint density at radius 2 is 1.91 bits per heavy atom. The molecule has 1 aromatic rings. The fourth-order valence-corrected chi connectivity index (χ4v) is 5.17. The fourth-order valence-electron chi connectivity index (χ4n) is 3.65. The minimum absolute atomic E-state index is 0.0299. The topological polar surface area (TPSA) is 102 Å². The maximum Gasteiger partial charge on any atom is 0.416 e. The largest absolute Gasteiger partial charge is 0.455 e. The standard InChI is InChI=1S/C20H25F3N2O6S/c21-20(22,23)15-3-1-5-17(11-15)32(28,29)25-8-6-14(7-9-25)19(27)31-13-18(26)24-12-16-4-2-10-30-16/h1,3,5,11,14,16H,2,4,6-10,12-13H2,(H,24,26). The van der Waals surface area contributed by atoms with E-state index in [9.17, 15) is 31.2 Å². The van der Waals surface area contributed by atoms with Gasteiger partial charge < -0.3 is 14.8 Å². The smallest absolute Gasteiger partial charge is 0.416 e. The lowest BCUT2D eigenvalue weighted by atomic mass is 9.98. The zero-order chi connectivity index (χ0) is 23.4. The van der Waals surface area contributed by atoms with Gasteiger partial charge in [0.1, 0.15) is 0 Å². The van der Waals surface area contributed by atoms with Gasteiger partial charge in [-0.15, -0.1) is 0 Å². The Labute approximate surface area is 184 Å². The number of alkyl halides is 3. The number of hydrogen-bond donors (Lipinski definition) is 1. The van der Waals surface area contributed by atoms with Crippen molar-refractivity contribution in [2.45, 2.75) is 42.9 Å². The lowest BCUT2D eigenvalue weighted by Gasteiger charge is -2.30. The maximum atomic E-state index is 12.9. The second kappa shape index (κ2) is 10.2. The first-order valence-corrected chi connectivity index (χ1v) is 11.7. The van der Waals surface area contributed by atoms with E-state index < -0.39 is 51.1 Å². The van der Waals surface area contributed by atoms with E-state index in [-0.39, 0.29) is 32.0 Å². The van der Waals surface area contributed by atoms with Crippen molar-refractivity contribution in [1.82, 2.24) is 9.62 Å². The highest BCUT2D eigenvalue weighted by atomic mass is 32.2. The summed E-state index contributed by atoms with van der Waals surface area (Å²) in [5.41, 5.74) is -1.05. The van der Waals surface area contributed by atoms with Crippen LogP contribution in [0, 0.1) is 5.92 Å². The van der Waals surface area contributed by atoms with E-state index in [1.54, 1.807) is 0 Å². The Morgan fingerprint density at radius 3 is 2.53 bits per heavy atom. The number of rotatable bonds is 7. The van der Waals surface area contributed by atoms with Crippen LogP contribution in [0.25, 0.3) is 0 Å². The molecule has 1 atom stereocenters. The first kappa shape index (κ1) is 24.5. The van der Waals surface area contributed by atoms with Crippen molar-refractivity contribution in [3.05, 3.63) is 29.8 Å². The van der Waals surface area contributed by atoms with Gasteiger partial charge in [0, 0.05) is 26.2 Å². The zero-order valence-electron chi connectivity index (χ0n) is 17.3. The molecular weight excluding hydrogens is 453 g/mol. The summed E-state index contributed by atoms with van der Waals surface area (Å²) >= 11 is 0. The molecule has 2 saturated heterocycles. The Bertz CT molecular complexity index is 924. The molecule has 2 aliphatic rings. The molecule has 32 heavy (non-hydrogen) atoms. The molecule has 178 valence electrons. The first-order chi connectivity index (χ1) is 15.1. The van der Waals surface area contributed by atoms with E-state index in [0.717, 1.165) is 35.3 Å². The second-order valence-corrected chi connectivity index (χ2v) is 9.69. The van der Waals surface area contributed by atoms with Crippen molar-refractivity contribution < 1.29 is 40.7 Å². The number of piperidine rings is 1. The molecule has 1 aromatic carbocycles. The van der Waals surface area contributed by atoms with Crippen LogP contribution >= 0.6 is 0 Å². The Balaban J connectivity index is 1.47. The summed E-state index contributed by atoms with van der Waals surface area (Å²) in [5, 5.41) is 2.63. The lowest BCUT2D eigenvalue weighted by Crippen LogP contribution is -2.41. The maximum absolute atomic E-state index is 12.9. The van der Waals surface area contributed by atoms with Crippen molar-refractivity contribution in [2.75, 3.05) is 32.8 Å². The third kappa shape index (κ3) is 6.20. The van der Waals surface area contributed by atoms with E-state index in [1.165, 1.54) is 0 Å². The van der Waals surface area contributed by atoms with Crippen LogP contribution in [0.1, 0.15) is 31.2 Å². The molecule has 1 unspecified atom stereocenters. The number of hydrogen-bond acceptors (Lipinski definition) is 6. The van der Waals surface area contributed by atoms with Crippen LogP contribution in [0.2, 0.25) is 0 Å². The van der Waals surface area contributed by atoms with Crippen LogP contribution in [0.5, 0.6) is 0 Å². The summed E-state index contributed by atoms with van der Waals surface area (Å²) in [7, 11) is -4.13. The van der Waals surface area contributed by atoms with Gasteiger partial charge in [-0.3, -0.25) is 9.59 Å². The highest BCUT2D eigenvalue weighted by molar-refractivity contribution is 7.89. The fraction of sp³-hybridized carbons (Fsp3) is 0.600. The monoisotopic (exact) mass is 478 g/mol. The third-order valence-electron chi connectivity index (χ3n) is 5.48. The highest BCUT2D eigenvalue weighted by Gasteiger charge is 2.35. The molecule has 2 fully saturated rings. The summed E-state index contributed by atoms with van der Waals surface area (Å²) in [5.74, 6) is -1.64.